The molecule has 1 amide bonds. The lowest BCUT2D eigenvalue weighted by Crippen LogP contribution is -2.37. The molecular weight excluding hydrogens is 409 g/mol. The zero-order chi connectivity index (χ0) is 21.6. The summed E-state index contributed by atoms with van der Waals surface area (Å²) in [7, 11) is 0. The molecule has 2 aromatic heterocycles. The van der Waals surface area contributed by atoms with Crippen LogP contribution in [0, 0.1) is 5.92 Å². The molecule has 0 atom stereocenters. The van der Waals surface area contributed by atoms with Gasteiger partial charge in [0, 0.05) is 31.7 Å². The van der Waals surface area contributed by atoms with E-state index in [0.717, 1.165) is 36.0 Å². The number of anilines is 2. The van der Waals surface area contributed by atoms with Crippen LogP contribution in [0.25, 0.3) is 5.65 Å². The monoisotopic (exact) mass is 430 g/mol. The Bertz CT molecular complexity index is 1120. The molecule has 2 aliphatic heterocycles. The van der Waals surface area contributed by atoms with Gasteiger partial charge in [-0.1, -0.05) is 18.2 Å². The summed E-state index contributed by atoms with van der Waals surface area (Å²) in [6, 6.07) is 11.1. The molecule has 0 radical (unpaired) electrons. The molecule has 2 aliphatic rings. The molecule has 31 heavy (non-hydrogen) atoms. The maximum absolute atomic E-state index is 13.1. The van der Waals surface area contributed by atoms with Gasteiger partial charge in [0.05, 0.1) is 0 Å². The average Bonchev–Trinajstić information content (AvgIpc) is 3.38. The molecule has 0 N–H and O–H groups in total. The van der Waals surface area contributed by atoms with Crippen molar-refractivity contribution < 1.29 is 18.0 Å². The summed E-state index contributed by atoms with van der Waals surface area (Å²) in [5.74, 6) is -0.282. The number of amides is 1. The van der Waals surface area contributed by atoms with Gasteiger partial charge in [0.1, 0.15) is 5.82 Å². The second kappa shape index (κ2) is 7.51. The molecule has 162 valence electrons. The molecule has 0 aliphatic carbocycles. The summed E-state index contributed by atoms with van der Waals surface area (Å²) in [4.78, 5) is 16.7. The minimum atomic E-state index is -4.62. The van der Waals surface area contributed by atoms with E-state index < -0.39 is 12.0 Å². The van der Waals surface area contributed by atoms with Gasteiger partial charge in [0.15, 0.2) is 5.65 Å². The van der Waals surface area contributed by atoms with Crippen molar-refractivity contribution in [3.05, 3.63) is 47.8 Å². The number of benzene rings is 1. The van der Waals surface area contributed by atoms with Crippen LogP contribution in [0.5, 0.6) is 0 Å². The van der Waals surface area contributed by atoms with Crippen molar-refractivity contribution in [2.24, 2.45) is 5.92 Å². The van der Waals surface area contributed by atoms with E-state index in [4.69, 9.17) is 0 Å². The number of alkyl halides is 3. The van der Waals surface area contributed by atoms with Crippen LogP contribution in [0.3, 0.4) is 0 Å². The van der Waals surface area contributed by atoms with Gasteiger partial charge in [-0.2, -0.15) is 17.7 Å². The molecule has 5 rings (SSSR count). The van der Waals surface area contributed by atoms with Gasteiger partial charge < -0.3 is 9.80 Å². The summed E-state index contributed by atoms with van der Waals surface area (Å²) in [6.07, 6.45) is -1.67. The molecule has 0 saturated carbocycles. The first-order valence-corrected chi connectivity index (χ1v) is 10.3. The van der Waals surface area contributed by atoms with Gasteiger partial charge >= 0.3 is 6.18 Å². The Kier molecular flexibility index (Phi) is 4.79. The molecule has 1 saturated heterocycles. The molecule has 4 heterocycles. The molecule has 0 unspecified atom stereocenters. The zero-order valence-electron chi connectivity index (χ0n) is 16.7. The number of aromatic nitrogens is 4. The number of halogens is 3. The molecular formula is C21H21F3N6O. The van der Waals surface area contributed by atoms with Crippen molar-refractivity contribution >= 4 is 23.1 Å². The van der Waals surface area contributed by atoms with Gasteiger partial charge in [0.25, 0.3) is 5.82 Å². The number of nitrogens with zero attached hydrogens (tertiary/aromatic N) is 6. The van der Waals surface area contributed by atoms with E-state index >= 15 is 0 Å². The number of hydrogen-bond donors (Lipinski definition) is 0. The smallest absolute Gasteiger partial charge is 0.355 e. The van der Waals surface area contributed by atoms with Crippen LogP contribution in [0.15, 0.2) is 36.4 Å². The largest absolute Gasteiger partial charge is 0.453 e. The van der Waals surface area contributed by atoms with Crippen LogP contribution in [0.2, 0.25) is 0 Å². The van der Waals surface area contributed by atoms with E-state index in [2.05, 4.69) is 21.4 Å². The first-order valence-electron chi connectivity index (χ1n) is 10.3. The number of para-hydroxylation sites is 1. The first kappa shape index (κ1) is 19.8. The number of rotatable bonds is 3. The fourth-order valence-electron chi connectivity index (χ4n) is 4.45. The second-order valence-corrected chi connectivity index (χ2v) is 8.04. The van der Waals surface area contributed by atoms with Crippen molar-refractivity contribution in [3.63, 3.8) is 0 Å². The highest BCUT2D eigenvalue weighted by Crippen LogP contribution is 2.31. The fourth-order valence-corrected chi connectivity index (χ4v) is 4.45. The molecule has 1 fully saturated rings. The van der Waals surface area contributed by atoms with Crippen molar-refractivity contribution in [2.45, 2.75) is 31.9 Å². The summed E-state index contributed by atoms with van der Waals surface area (Å²) in [5.41, 5.74) is 2.28. The van der Waals surface area contributed by atoms with E-state index in [1.54, 1.807) is 6.07 Å². The molecule has 3 aromatic rings. The van der Waals surface area contributed by atoms with Gasteiger partial charge in [0.2, 0.25) is 5.91 Å². The Balaban J connectivity index is 1.23. The minimum absolute atomic E-state index is 0.0578. The minimum Gasteiger partial charge on any atom is -0.355 e. The van der Waals surface area contributed by atoms with Crippen molar-refractivity contribution in [1.29, 1.82) is 0 Å². The van der Waals surface area contributed by atoms with Crippen LogP contribution in [0.1, 0.15) is 30.7 Å². The number of carbonyl (C=O) groups is 1. The Hall–Kier alpha value is -3.17. The Morgan fingerprint density at radius 1 is 1.03 bits per heavy atom. The quantitative estimate of drug-likeness (QED) is 0.638. The fraction of sp³-hybridized carbons (Fsp3) is 0.429. The van der Waals surface area contributed by atoms with E-state index in [9.17, 15) is 18.0 Å². The van der Waals surface area contributed by atoms with E-state index in [0.29, 0.717) is 25.3 Å². The van der Waals surface area contributed by atoms with Crippen molar-refractivity contribution in [2.75, 3.05) is 29.4 Å². The highest BCUT2D eigenvalue weighted by Gasteiger charge is 2.38. The van der Waals surface area contributed by atoms with Gasteiger partial charge in [-0.3, -0.25) is 4.79 Å². The SMILES string of the molecule is O=C(CC1CCN(c2ccc3nnc(C(F)(F)F)n3n2)CC1)N1CCc2ccccc21. The van der Waals surface area contributed by atoms with Crippen molar-refractivity contribution in [1.82, 2.24) is 19.8 Å². The summed E-state index contributed by atoms with van der Waals surface area (Å²) in [6.45, 7) is 1.99. The molecule has 0 spiro atoms. The van der Waals surface area contributed by atoms with Crippen LogP contribution >= 0.6 is 0 Å². The number of piperidine rings is 1. The highest BCUT2D eigenvalue weighted by atomic mass is 19.4. The van der Waals surface area contributed by atoms with Crippen LogP contribution in [-0.4, -0.2) is 45.4 Å². The Labute approximate surface area is 176 Å². The standard InChI is InChI=1S/C21H21F3N6O/c22-21(23,24)20-26-25-17-5-6-18(27-30(17)20)28-10-7-14(8-11-28)13-19(31)29-12-9-15-3-1-2-4-16(15)29/h1-6,14H,7-13H2. The van der Waals surface area contributed by atoms with Gasteiger partial charge in [-0.25, -0.2) is 0 Å². The lowest BCUT2D eigenvalue weighted by Gasteiger charge is -2.33. The van der Waals surface area contributed by atoms with Crippen LogP contribution in [0.4, 0.5) is 24.7 Å². The third kappa shape index (κ3) is 3.70. The summed E-state index contributed by atoms with van der Waals surface area (Å²) >= 11 is 0. The Morgan fingerprint density at radius 2 is 1.81 bits per heavy atom. The first-order chi connectivity index (χ1) is 14.9. The molecule has 1 aromatic carbocycles. The van der Waals surface area contributed by atoms with Gasteiger partial charge in [-0.05, 0) is 48.9 Å². The predicted molar refractivity (Wildman–Crippen MR) is 108 cm³/mol. The van der Waals surface area contributed by atoms with Gasteiger partial charge in [-0.15, -0.1) is 15.3 Å². The number of carbonyl (C=O) groups excluding carboxylic acids is 1. The van der Waals surface area contributed by atoms with Crippen LogP contribution in [-0.2, 0) is 17.4 Å². The van der Waals surface area contributed by atoms with E-state index in [-0.39, 0.29) is 17.5 Å². The Morgan fingerprint density at radius 3 is 2.58 bits per heavy atom. The lowest BCUT2D eigenvalue weighted by atomic mass is 9.93. The third-order valence-electron chi connectivity index (χ3n) is 6.09. The molecule has 7 nitrogen and oxygen atoms in total. The van der Waals surface area contributed by atoms with Crippen molar-refractivity contribution in [3.8, 4) is 0 Å². The number of hydrogen-bond acceptors (Lipinski definition) is 5. The third-order valence-corrected chi connectivity index (χ3v) is 6.09. The number of fused-ring (bicyclic) bond motifs is 2. The zero-order valence-corrected chi connectivity index (χ0v) is 16.7. The normalized spacial score (nSPS) is 17.4. The second-order valence-electron chi connectivity index (χ2n) is 8.04. The maximum atomic E-state index is 13.1. The topological polar surface area (TPSA) is 66.6 Å². The predicted octanol–water partition coefficient (Wildman–Crippen LogP) is 3.34. The van der Waals surface area contributed by atoms with E-state index in [1.165, 1.54) is 11.6 Å². The maximum Gasteiger partial charge on any atom is 0.453 e. The lowest BCUT2D eigenvalue weighted by molar-refractivity contribution is -0.146. The highest BCUT2D eigenvalue weighted by molar-refractivity contribution is 5.95. The van der Waals surface area contributed by atoms with E-state index in [1.807, 2.05) is 28.0 Å². The molecule has 10 heteroatoms. The average molecular weight is 430 g/mol. The van der Waals surface area contributed by atoms with Crippen LogP contribution < -0.4 is 9.80 Å². The molecule has 0 bridgehead atoms. The summed E-state index contributed by atoms with van der Waals surface area (Å²) < 4.78 is 40.1. The summed E-state index contributed by atoms with van der Waals surface area (Å²) in [5, 5.41) is 10.9.